The zero-order chi connectivity index (χ0) is 18.0. The van der Waals surface area contributed by atoms with Crippen LogP contribution in [0.1, 0.15) is 25.7 Å². The Hall–Kier alpha value is -1.31. The van der Waals surface area contributed by atoms with Crippen molar-refractivity contribution >= 4 is 5.69 Å². The van der Waals surface area contributed by atoms with E-state index in [1.165, 1.54) is 5.69 Å². The van der Waals surface area contributed by atoms with Gasteiger partial charge in [-0.3, -0.25) is 0 Å². The number of benzene rings is 1. The Morgan fingerprint density at radius 2 is 1.22 bits per heavy atom. The molecule has 0 aromatic heterocycles. The maximum absolute atomic E-state index is 7.50. The normalized spacial score (nSPS) is 7.78. The first-order valence-electron chi connectivity index (χ1n) is 6.30. The summed E-state index contributed by atoms with van der Waals surface area (Å²) in [4.78, 5) is 2.07. The quantitative estimate of drug-likeness (QED) is 0.445. The molecule has 1 aromatic carbocycles. The van der Waals surface area contributed by atoms with Crippen molar-refractivity contribution in [3.05, 3.63) is 49.8 Å². The molecule has 0 aliphatic carbocycles. The monoisotopic (exact) mass is 359 g/mol. The fourth-order valence-electron chi connectivity index (χ4n) is 1.47. The van der Waals surface area contributed by atoms with E-state index in [0.717, 1.165) is 5.56 Å². The molecule has 7 heteroatoms. The number of hydrogen-bond acceptors (Lipinski definition) is 3. The Labute approximate surface area is 149 Å². The summed E-state index contributed by atoms with van der Waals surface area (Å²) in [6.45, 7) is 18.8. The SMILES string of the molecule is CCOC(OCC)c1ccc(N(C)C)cc1.[C-]#[O+].[C-]#[O+].[C-]#[O+].[Cr]. The zero-order valence-corrected chi connectivity index (χ0v) is 15.0. The Kier molecular flexibility index (Phi) is 29.6. The van der Waals surface area contributed by atoms with E-state index in [9.17, 15) is 0 Å². The van der Waals surface area contributed by atoms with Gasteiger partial charge < -0.3 is 14.4 Å². The van der Waals surface area contributed by atoms with E-state index in [2.05, 4.69) is 37.0 Å². The summed E-state index contributed by atoms with van der Waals surface area (Å²) in [5.74, 6) is 0. The van der Waals surface area contributed by atoms with Crippen molar-refractivity contribution in [2.24, 2.45) is 0 Å². The van der Waals surface area contributed by atoms with Gasteiger partial charge in [-0.25, -0.2) is 0 Å². The van der Waals surface area contributed by atoms with Gasteiger partial charge in [0, 0.05) is 55.9 Å². The first-order chi connectivity index (χ1) is 10.7. The van der Waals surface area contributed by atoms with E-state index in [4.69, 9.17) is 23.4 Å². The molecule has 0 aliphatic heterocycles. The van der Waals surface area contributed by atoms with E-state index < -0.39 is 0 Å². The molecule has 0 amide bonds. The minimum absolute atomic E-state index is 0. The summed E-state index contributed by atoms with van der Waals surface area (Å²) in [5.41, 5.74) is 2.24. The molecule has 0 radical (unpaired) electrons. The molecule has 0 saturated heterocycles. The number of nitrogens with zero attached hydrogens (tertiary/aromatic N) is 1. The van der Waals surface area contributed by atoms with Crippen LogP contribution in [0.4, 0.5) is 5.69 Å². The molecule has 0 aliphatic rings. The van der Waals surface area contributed by atoms with Crippen LogP contribution in [0.2, 0.25) is 0 Å². The second-order valence-electron chi connectivity index (χ2n) is 3.73. The molecule has 0 fully saturated rings. The van der Waals surface area contributed by atoms with Gasteiger partial charge in [-0.2, -0.15) is 0 Å². The van der Waals surface area contributed by atoms with E-state index >= 15 is 0 Å². The summed E-state index contributed by atoms with van der Waals surface area (Å²) in [6.07, 6.45) is -0.244. The molecule has 0 N–H and O–H groups in total. The molecule has 1 rings (SSSR count). The van der Waals surface area contributed by atoms with Crippen molar-refractivity contribution in [2.45, 2.75) is 20.1 Å². The summed E-state index contributed by atoms with van der Waals surface area (Å²) in [6, 6.07) is 8.23. The number of hydrogen-bond donors (Lipinski definition) is 0. The topological polar surface area (TPSA) is 81.4 Å². The molecule has 23 heavy (non-hydrogen) atoms. The standard InChI is InChI=1S/C13H21NO2.3CO.Cr/c1-5-15-13(16-6-2)11-7-9-12(10-8-11)14(3)4;3*1-2;/h7-10,13H,5-6H2,1-4H3;;;;. The molecule has 0 bridgehead atoms. The van der Waals surface area contributed by atoms with E-state index in [1.807, 2.05) is 40.1 Å². The van der Waals surface area contributed by atoms with Crippen molar-refractivity contribution in [3.63, 3.8) is 0 Å². The first-order valence-corrected chi connectivity index (χ1v) is 6.30. The van der Waals surface area contributed by atoms with Gasteiger partial charge in [-0.15, -0.1) is 0 Å². The second kappa shape index (κ2) is 23.0. The molecule has 126 valence electrons. The minimum atomic E-state index is -0.244. The summed E-state index contributed by atoms with van der Waals surface area (Å²) in [5, 5.41) is 0. The van der Waals surface area contributed by atoms with Gasteiger partial charge in [0.15, 0.2) is 6.29 Å². The molecule has 0 atom stereocenters. The van der Waals surface area contributed by atoms with Crippen LogP contribution in [-0.4, -0.2) is 27.3 Å². The number of ether oxygens (including phenoxy) is 2. The Morgan fingerprint density at radius 1 is 0.870 bits per heavy atom. The van der Waals surface area contributed by atoms with Gasteiger partial charge in [0.25, 0.3) is 0 Å². The molecule has 1 aromatic rings. The maximum atomic E-state index is 7.50. The average molecular weight is 359 g/mol. The molecule has 0 spiro atoms. The molecule has 0 saturated carbocycles. The van der Waals surface area contributed by atoms with Crippen molar-refractivity contribution in [1.29, 1.82) is 0 Å². The van der Waals surface area contributed by atoms with Crippen molar-refractivity contribution < 1.29 is 40.8 Å². The van der Waals surface area contributed by atoms with E-state index in [-0.39, 0.29) is 23.7 Å². The molecular formula is C16H21CrNO5. The Bertz CT molecular complexity index is 394. The second-order valence-corrected chi connectivity index (χ2v) is 3.73. The van der Waals surface area contributed by atoms with Crippen LogP contribution in [0.15, 0.2) is 24.3 Å². The van der Waals surface area contributed by atoms with Crippen molar-refractivity contribution in [2.75, 3.05) is 32.2 Å². The average Bonchev–Trinajstić information content (AvgIpc) is 2.60. The number of anilines is 1. The molecule has 0 heterocycles. The Balaban J connectivity index is -0.000000231. The fourth-order valence-corrected chi connectivity index (χ4v) is 1.47. The van der Waals surface area contributed by atoms with Gasteiger partial charge in [0.05, 0.1) is 0 Å². The summed E-state index contributed by atoms with van der Waals surface area (Å²) in [7, 11) is 4.05. The van der Waals surface area contributed by atoms with Crippen LogP contribution in [-0.2, 0) is 40.8 Å². The first kappa shape index (κ1) is 29.7. The minimum Gasteiger partial charge on any atom is 0 e. The van der Waals surface area contributed by atoms with Crippen LogP contribution in [0.5, 0.6) is 0 Å². The third kappa shape index (κ3) is 14.0. The largest absolute Gasteiger partial charge is 0 e. The van der Waals surface area contributed by atoms with Crippen LogP contribution in [0, 0.1) is 20.0 Å². The van der Waals surface area contributed by atoms with Crippen molar-refractivity contribution in [3.8, 4) is 0 Å². The fraction of sp³-hybridized carbons (Fsp3) is 0.438. The summed E-state index contributed by atoms with van der Waals surface area (Å²) >= 11 is 0. The molecule has 0 unspecified atom stereocenters. The van der Waals surface area contributed by atoms with Crippen LogP contribution in [0.25, 0.3) is 0 Å². The van der Waals surface area contributed by atoms with Gasteiger partial charge in [-0.1, -0.05) is 12.1 Å². The van der Waals surface area contributed by atoms with Gasteiger partial charge in [0.1, 0.15) is 0 Å². The predicted octanol–water partition coefficient (Wildman–Crippen LogP) is 2.71. The Morgan fingerprint density at radius 3 is 1.48 bits per heavy atom. The van der Waals surface area contributed by atoms with E-state index in [0.29, 0.717) is 13.2 Å². The number of rotatable bonds is 6. The molecular weight excluding hydrogens is 338 g/mol. The smallest absolute Gasteiger partial charge is 0 e. The third-order valence-electron chi connectivity index (χ3n) is 2.32. The third-order valence-corrected chi connectivity index (χ3v) is 2.32. The maximum Gasteiger partial charge on any atom is 0 e. The summed E-state index contributed by atoms with van der Waals surface area (Å²) < 4.78 is 33.6. The van der Waals surface area contributed by atoms with Crippen molar-refractivity contribution in [1.82, 2.24) is 0 Å². The predicted molar refractivity (Wildman–Crippen MR) is 78.6 cm³/mol. The molecule has 6 nitrogen and oxygen atoms in total. The van der Waals surface area contributed by atoms with Gasteiger partial charge >= 0.3 is 33.9 Å². The van der Waals surface area contributed by atoms with Crippen LogP contribution >= 0.6 is 0 Å². The van der Waals surface area contributed by atoms with Crippen LogP contribution in [0.3, 0.4) is 0 Å². The van der Waals surface area contributed by atoms with Crippen LogP contribution < -0.4 is 4.90 Å². The zero-order valence-electron chi connectivity index (χ0n) is 13.7. The van der Waals surface area contributed by atoms with Gasteiger partial charge in [-0.05, 0) is 26.0 Å². The van der Waals surface area contributed by atoms with E-state index in [1.54, 1.807) is 0 Å². The van der Waals surface area contributed by atoms with Gasteiger partial charge in [0.2, 0.25) is 0 Å².